The van der Waals surface area contributed by atoms with E-state index in [1.54, 1.807) is 19.1 Å². The first-order valence-corrected chi connectivity index (χ1v) is 10.8. The van der Waals surface area contributed by atoms with Gasteiger partial charge >= 0.3 is 59.1 Å². The molecule has 0 aliphatic heterocycles. The average molecular weight is 515 g/mol. The molecule has 0 bridgehead atoms. The summed E-state index contributed by atoms with van der Waals surface area (Å²) in [6.45, 7) is 3.02. The maximum Gasteiger partial charge on any atom is 1.00 e. The number of fused-ring (bicyclic) bond motifs is 1. The minimum Gasteiger partial charge on any atom is -0.744 e. The molecule has 0 unspecified atom stereocenters. The molecule has 2 N–H and O–H groups in total. The number of hydrogen-bond acceptors (Lipinski definition) is 10. The maximum atomic E-state index is 11.9. The van der Waals surface area contributed by atoms with E-state index in [2.05, 4.69) is 31.8 Å². The van der Waals surface area contributed by atoms with Crippen LogP contribution in [0.3, 0.4) is 0 Å². The van der Waals surface area contributed by atoms with Crippen LogP contribution in [0.1, 0.15) is 12.5 Å². The number of hydrogen-bond donors (Lipinski definition) is 2. The minimum atomic E-state index is -5.05. The van der Waals surface area contributed by atoms with Gasteiger partial charge in [-0.3, -0.25) is 4.79 Å². The summed E-state index contributed by atoms with van der Waals surface area (Å²) >= 11 is 0. The van der Waals surface area contributed by atoms with Gasteiger partial charge in [-0.15, -0.1) is 15.6 Å². The van der Waals surface area contributed by atoms with Crippen molar-refractivity contribution in [1.82, 2.24) is 0 Å². The Kier molecular flexibility index (Phi) is 11.5. The van der Waals surface area contributed by atoms with E-state index in [4.69, 9.17) is 4.74 Å². The number of carbonyl (C=O) groups excluding carboxylic acids is 1. The summed E-state index contributed by atoms with van der Waals surface area (Å²) in [5.74, 6) is -0.814. The second kappa shape index (κ2) is 12.9. The van der Waals surface area contributed by atoms with Gasteiger partial charge in [-0.05, 0) is 18.6 Å². The molecule has 0 aliphatic rings. The molecule has 0 aliphatic carbocycles. The van der Waals surface area contributed by atoms with E-state index >= 15 is 0 Å². The van der Waals surface area contributed by atoms with Crippen molar-refractivity contribution in [1.29, 1.82) is 0 Å². The van der Waals surface area contributed by atoms with Crippen LogP contribution in [0.4, 0.5) is 22.7 Å². The molecule has 11 nitrogen and oxygen atoms in total. The van der Waals surface area contributed by atoms with Gasteiger partial charge in [-0.1, -0.05) is 17.1 Å². The van der Waals surface area contributed by atoms with Gasteiger partial charge in [0.15, 0.2) is 0 Å². The van der Waals surface area contributed by atoms with Crippen molar-refractivity contribution in [3.8, 4) is 11.5 Å². The zero-order chi connectivity index (χ0) is 24.3. The van der Waals surface area contributed by atoms with Gasteiger partial charge in [-0.25, -0.2) is 8.42 Å². The number of anilines is 1. The SMILES string of the molecule is CN=Nc1cc(OC)c(N=Nc2c(S(=O)(=O)[O-])cc3c[c-]cc(NC(C)=O)c3c2O)cc1C.[Na+].[Na+]. The van der Waals surface area contributed by atoms with E-state index in [1.165, 1.54) is 33.2 Å². The molecule has 0 spiro atoms. The summed E-state index contributed by atoms with van der Waals surface area (Å²) in [6, 6.07) is 9.66. The molecule has 0 aromatic heterocycles. The molecule has 0 saturated heterocycles. The van der Waals surface area contributed by atoms with Gasteiger partial charge in [-0.2, -0.15) is 28.4 Å². The first-order valence-electron chi connectivity index (χ1n) is 9.40. The number of ether oxygens (including phenoxy) is 1. The number of nitrogens with zero attached hydrogens (tertiary/aromatic N) is 4. The number of carbonyl (C=O) groups is 1. The summed E-state index contributed by atoms with van der Waals surface area (Å²) in [5.41, 5.74) is 0.986. The van der Waals surface area contributed by atoms with Gasteiger partial charge in [0.2, 0.25) is 5.91 Å². The number of azo groups is 2. The van der Waals surface area contributed by atoms with Crippen LogP contribution < -0.4 is 69.2 Å². The normalized spacial score (nSPS) is 11.3. The maximum absolute atomic E-state index is 11.9. The largest absolute Gasteiger partial charge is 1.00 e. The van der Waals surface area contributed by atoms with E-state index in [1.807, 2.05) is 0 Å². The molecule has 3 rings (SSSR count). The Morgan fingerprint density at radius 3 is 2.37 bits per heavy atom. The van der Waals surface area contributed by atoms with Crippen molar-refractivity contribution in [2.24, 2.45) is 20.5 Å². The predicted octanol–water partition coefficient (Wildman–Crippen LogP) is -1.34. The van der Waals surface area contributed by atoms with E-state index < -0.39 is 32.4 Å². The van der Waals surface area contributed by atoms with Crippen LogP contribution >= 0.6 is 0 Å². The van der Waals surface area contributed by atoms with Crippen molar-refractivity contribution < 1.29 is 86.7 Å². The second-order valence-corrected chi connectivity index (χ2v) is 8.20. The number of aryl methyl sites for hydroxylation is 1. The van der Waals surface area contributed by atoms with Crippen LogP contribution in [0, 0.1) is 13.0 Å². The molecule has 0 heterocycles. The number of phenolic OH excluding ortho intramolecular Hbond substituents is 1. The molecule has 1 amide bonds. The van der Waals surface area contributed by atoms with Crippen LogP contribution in [-0.2, 0) is 14.9 Å². The fraction of sp³-hybridized carbons (Fsp3) is 0.190. The molecular formula is C21H19N5Na2O6S. The number of benzene rings is 3. The molecule has 0 radical (unpaired) electrons. The van der Waals surface area contributed by atoms with Crippen LogP contribution in [0.15, 0.2) is 55.7 Å². The first kappa shape index (κ1) is 31.1. The molecule has 0 fully saturated rings. The summed E-state index contributed by atoms with van der Waals surface area (Å²) in [5, 5.41) is 29.2. The predicted molar refractivity (Wildman–Crippen MR) is 119 cm³/mol. The van der Waals surface area contributed by atoms with E-state index in [0.717, 1.165) is 6.07 Å². The third kappa shape index (κ3) is 7.08. The van der Waals surface area contributed by atoms with E-state index in [-0.39, 0.29) is 87.0 Å². The number of aromatic hydroxyl groups is 1. The van der Waals surface area contributed by atoms with Gasteiger partial charge in [0, 0.05) is 20.0 Å². The van der Waals surface area contributed by atoms with Crippen molar-refractivity contribution in [3.05, 3.63) is 42.0 Å². The van der Waals surface area contributed by atoms with Gasteiger partial charge in [0.05, 0.1) is 17.7 Å². The van der Waals surface area contributed by atoms with Crippen LogP contribution in [-0.4, -0.2) is 38.1 Å². The van der Waals surface area contributed by atoms with Gasteiger partial charge in [0.25, 0.3) is 0 Å². The summed E-state index contributed by atoms with van der Waals surface area (Å²) in [6.07, 6.45) is 0. The summed E-state index contributed by atoms with van der Waals surface area (Å²) < 4.78 is 41.1. The quantitative estimate of drug-likeness (QED) is 0.179. The van der Waals surface area contributed by atoms with Crippen LogP contribution in [0.25, 0.3) is 10.8 Å². The smallest absolute Gasteiger partial charge is 0.744 e. The molecule has 3 aromatic carbocycles. The molecular weight excluding hydrogens is 496 g/mol. The standard InChI is InChI=1S/C21H20N5O6S.2Na/c1-11-8-16(17(32-4)10-15(11)24-22-3)25-26-20-18(33(29,30)31)9-13-6-5-7-14(23-12(2)27)19(13)21(20)28;;/h6-10,28H,1-4H3,(H,23,27)(H,29,30,31);;/q-1;2*+1/p-1. The number of methoxy groups -OCH3 is 1. The van der Waals surface area contributed by atoms with Crippen molar-refractivity contribution in [2.45, 2.75) is 18.7 Å². The minimum absolute atomic E-state index is 0. The fourth-order valence-electron chi connectivity index (χ4n) is 3.14. The molecule has 172 valence electrons. The molecule has 0 atom stereocenters. The average Bonchev–Trinajstić information content (AvgIpc) is 2.73. The molecule has 14 heteroatoms. The molecule has 0 saturated carbocycles. The van der Waals surface area contributed by atoms with Crippen molar-refractivity contribution in [3.63, 3.8) is 0 Å². The zero-order valence-electron chi connectivity index (χ0n) is 20.1. The number of phenols is 1. The Morgan fingerprint density at radius 2 is 1.80 bits per heavy atom. The van der Waals surface area contributed by atoms with Crippen molar-refractivity contribution >= 4 is 49.5 Å². The Bertz CT molecular complexity index is 1430. The van der Waals surface area contributed by atoms with E-state index in [9.17, 15) is 22.9 Å². The van der Waals surface area contributed by atoms with Crippen LogP contribution in [0.2, 0.25) is 0 Å². The number of amides is 1. The summed E-state index contributed by atoms with van der Waals surface area (Å²) in [4.78, 5) is 10.8. The first-order chi connectivity index (χ1) is 15.6. The third-order valence-electron chi connectivity index (χ3n) is 4.55. The fourth-order valence-corrected chi connectivity index (χ4v) is 3.78. The Balaban J connectivity index is 0.00000306. The monoisotopic (exact) mass is 515 g/mol. The Hall–Kier alpha value is -1.90. The Morgan fingerprint density at radius 1 is 1.11 bits per heavy atom. The van der Waals surface area contributed by atoms with Gasteiger partial charge in [0.1, 0.15) is 33.0 Å². The summed E-state index contributed by atoms with van der Waals surface area (Å²) in [7, 11) is -2.14. The molecule has 35 heavy (non-hydrogen) atoms. The number of rotatable bonds is 6. The van der Waals surface area contributed by atoms with E-state index in [0.29, 0.717) is 11.3 Å². The van der Waals surface area contributed by atoms with Crippen molar-refractivity contribution in [2.75, 3.05) is 19.5 Å². The molecule has 3 aromatic rings. The van der Waals surface area contributed by atoms with Gasteiger partial charge < -0.3 is 19.7 Å². The Labute approximate surface area is 246 Å². The topological polar surface area (TPSA) is 165 Å². The van der Waals surface area contributed by atoms with Crippen LogP contribution in [0.5, 0.6) is 11.5 Å². The zero-order valence-corrected chi connectivity index (χ0v) is 24.9. The second-order valence-electron chi connectivity index (χ2n) is 6.85. The number of nitrogens with one attached hydrogen (secondary N) is 1. The third-order valence-corrected chi connectivity index (χ3v) is 5.40.